The highest BCUT2D eigenvalue weighted by Gasteiger charge is 2.19. The molecule has 0 aliphatic rings. The molecule has 0 fully saturated rings. The molecule has 0 aromatic heterocycles. The molecule has 0 aliphatic carbocycles. The van der Waals surface area contributed by atoms with Crippen LogP contribution in [0.25, 0.3) is 0 Å². The average Bonchev–Trinajstić information content (AvgIpc) is 2.86. The zero-order chi connectivity index (χ0) is 24.2. The lowest BCUT2D eigenvalue weighted by molar-refractivity contribution is -0.395. The van der Waals surface area contributed by atoms with E-state index in [2.05, 4.69) is 40.6 Å². The third kappa shape index (κ3) is 7.75. The van der Waals surface area contributed by atoms with Crippen LogP contribution in [0.15, 0.2) is 78.9 Å². The van der Waals surface area contributed by atoms with E-state index >= 15 is 0 Å². The van der Waals surface area contributed by atoms with Gasteiger partial charge in [0, 0.05) is 23.2 Å². The molecule has 172 valence electrons. The Labute approximate surface area is 203 Å². The van der Waals surface area contributed by atoms with Gasteiger partial charge in [0.1, 0.15) is 0 Å². The zero-order valence-corrected chi connectivity index (χ0v) is 19.9. The Kier molecular flexibility index (Phi) is 10.6. The minimum Gasteiger partial charge on any atom is -0.347 e. The number of amides is 2. The van der Waals surface area contributed by atoms with Crippen molar-refractivity contribution in [1.82, 2.24) is 0 Å². The van der Waals surface area contributed by atoms with Gasteiger partial charge < -0.3 is 16.4 Å². The molecule has 0 radical (unpaired) electrons. The Morgan fingerprint density at radius 2 is 1.52 bits per heavy atom. The van der Waals surface area contributed by atoms with Gasteiger partial charge in [-0.1, -0.05) is 60.7 Å². The fourth-order valence-electron chi connectivity index (χ4n) is 2.97. The number of halogens is 1. The number of rotatable bonds is 8. The van der Waals surface area contributed by atoms with Crippen LogP contribution in [0.1, 0.15) is 21.5 Å². The fourth-order valence-corrected chi connectivity index (χ4v) is 3.13. The van der Waals surface area contributed by atoms with Gasteiger partial charge in [-0.3, -0.25) is 14.4 Å². The van der Waals surface area contributed by atoms with Crippen LogP contribution in [0.4, 0.5) is 11.4 Å². The summed E-state index contributed by atoms with van der Waals surface area (Å²) in [6.45, 7) is 0. The van der Waals surface area contributed by atoms with Crippen LogP contribution in [0.3, 0.4) is 0 Å². The molecule has 3 rings (SSSR count). The standard InChI is InChI=1S/C24H23N3O3S.CH3Cl/c25-20(15-31)24(30)26-18-11-12-21(27-22(28)13-16-7-3-1-4-8-16)19(14-18)23(29)17-9-5-2-6-10-17;1-2/h1-12,14,20,31H,13,15,25H2,(H,26,30)(H,27,28);1H3/p+1. The van der Waals surface area contributed by atoms with E-state index in [-0.39, 0.29) is 29.6 Å². The zero-order valence-electron chi connectivity index (χ0n) is 18.3. The first-order valence-electron chi connectivity index (χ1n) is 10.2. The van der Waals surface area contributed by atoms with Crippen LogP contribution in [-0.2, 0) is 16.0 Å². The van der Waals surface area contributed by atoms with Gasteiger partial charge >= 0.3 is 0 Å². The van der Waals surface area contributed by atoms with Crippen molar-refractivity contribution in [2.24, 2.45) is 0 Å². The molecule has 0 heterocycles. The van der Waals surface area contributed by atoms with Crippen LogP contribution >= 0.6 is 24.2 Å². The molecule has 0 saturated carbocycles. The third-order valence-corrected chi connectivity index (χ3v) is 5.08. The quantitative estimate of drug-likeness (QED) is 0.224. The lowest BCUT2D eigenvalue weighted by Crippen LogP contribution is -2.67. The van der Waals surface area contributed by atoms with Crippen molar-refractivity contribution < 1.29 is 20.1 Å². The van der Waals surface area contributed by atoms with Crippen LogP contribution in [0, 0.1) is 0 Å². The lowest BCUT2D eigenvalue weighted by atomic mass is 10.0. The van der Waals surface area contributed by atoms with E-state index < -0.39 is 6.04 Å². The SMILES string of the molecule is CCl.[NH3+]C(CS)C(=O)Nc1ccc(NC(=O)Cc2ccccc2)c(C(=O)c2ccccc2)c1. The van der Waals surface area contributed by atoms with Gasteiger partial charge in [-0.2, -0.15) is 12.6 Å². The summed E-state index contributed by atoms with van der Waals surface area (Å²) in [5.74, 6) is -0.492. The number of ketones is 1. The Balaban J connectivity index is 0.00000187. The molecule has 33 heavy (non-hydrogen) atoms. The molecule has 3 aromatic rings. The highest BCUT2D eigenvalue weighted by Crippen LogP contribution is 2.24. The van der Waals surface area contributed by atoms with Crippen LogP contribution in [0.5, 0.6) is 0 Å². The molecule has 2 amide bonds. The maximum absolute atomic E-state index is 13.1. The number of carbonyl (C=O) groups excluding carboxylic acids is 3. The molecule has 0 aliphatic heterocycles. The minimum atomic E-state index is -0.526. The first-order valence-corrected chi connectivity index (χ1v) is 11.6. The van der Waals surface area contributed by atoms with Gasteiger partial charge in [-0.15, -0.1) is 11.6 Å². The molecule has 8 heteroatoms. The van der Waals surface area contributed by atoms with Gasteiger partial charge in [0.25, 0.3) is 5.91 Å². The summed E-state index contributed by atoms with van der Waals surface area (Å²) in [6.07, 6.45) is 1.66. The van der Waals surface area contributed by atoms with Crippen molar-refractivity contribution in [2.75, 3.05) is 22.8 Å². The maximum atomic E-state index is 13.1. The Morgan fingerprint density at radius 1 is 0.909 bits per heavy atom. The first-order chi connectivity index (χ1) is 16.0. The van der Waals surface area contributed by atoms with Crippen molar-refractivity contribution >= 4 is 53.2 Å². The molecule has 0 saturated heterocycles. The number of benzene rings is 3. The van der Waals surface area contributed by atoms with Gasteiger partial charge in [0.2, 0.25) is 5.91 Å². The van der Waals surface area contributed by atoms with Crippen molar-refractivity contribution in [3.63, 3.8) is 0 Å². The second kappa shape index (κ2) is 13.4. The van der Waals surface area contributed by atoms with Gasteiger partial charge in [0.05, 0.1) is 17.9 Å². The van der Waals surface area contributed by atoms with E-state index in [0.29, 0.717) is 22.7 Å². The van der Waals surface area contributed by atoms with E-state index in [1.807, 2.05) is 36.4 Å². The van der Waals surface area contributed by atoms with Gasteiger partial charge in [-0.05, 0) is 23.8 Å². The van der Waals surface area contributed by atoms with Crippen LogP contribution in [0.2, 0.25) is 0 Å². The summed E-state index contributed by atoms with van der Waals surface area (Å²) in [4.78, 5) is 37.9. The summed E-state index contributed by atoms with van der Waals surface area (Å²) in [5, 5.41) is 5.57. The molecule has 0 bridgehead atoms. The van der Waals surface area contributed by atoms with Crippen molar-refractivity contribution in [3.05, 3.63) is 95.6 Å². The largest absolute Gasteiger partial charge is 0.347 e. The highest BCUT2D eigenvalue weighted by atomic mass is 35.5. The molecule has 1 atom stereocenters. The van der Waals surface area contributed by atoms with E-state index in [9.17, 15) is 14.4 Å². The van der Waals surface area contributed by atoms with Crippen molar-refractivity contribution in [1.29, 1.82) is 0 Å². The first kappa shape index (κ1) is 26.1. The Morgan fingerprint density at radius 3 is 2.12 bits per heavy atom. The predicted molar refractivity (Wildman–Crippen MR) is 136 cm³/mol. The summed E-state index contributed by atoms with van der Waals surface area (Å²) in [5.41, 5.74) is 6.21. The molecule has 1 unspecified atom stereocenters. The summed E-state index contributed by atoms with van der Waals surface area (Å²) in [6, 6.07) is 22.4. The minimum absolute atomic E-state index is 0.184. The van der Waals surface area contributed by atoms with Gasteiger partial charge in [-0.25, -0.2) is 0 Å². The number of quaternary nitrogens is 1. The lowest BCUT2D eigenvalue weighted by Gasteiger charge is -2.14. The Hall–Kier alpha value is -3.13. The summed E-state index contributed by atoms with van der Waals surface area (Å²) < 4.78 is 0. The van der Waals surface area contributed by atoms with E-state index in [1.165, 1.54) is 6.38 Å². The number of nitrogens with one attached hydrogen (secondary N) is 2. The molecule has 3 aromatic carbocycles. The summed E-state index contributed by atoms with van der Waals surface area (Å²) >= 11 is 8.73. The molecule has 0 spiro atoms. The van der Waals surface area contributed by atoms with E-state index in [4.69, 9.17) is 0 Å². The Bertz CT molecular complexity index is 1080. The topological polar surface area (TPSA) is 103 Å². The van der Waals surface area contributed by atoms with Crippen molar-refractivity contribution in [2.45, 2.75) is 12.5 Å². The van der Waals surface area contributed by atoms with Crippen LogP contribution < -0.4 is 16.4 Å². The van der Waals surface area contributed by atoms with Gasteiger partial charge in [0.15, 0.2) is 11.8 Å². The highest BCUT2D eigenvalue weighted by molar-refractivity contribution is 7.80. The number of hydrogen-bond donors (Lipinski definition) is 4. The maximum Gasteiger partial charge on any atom is 0.283 e. The fraction of sp³-hybridized carbons (Fsp3) is 0.160. The van der Waals surface area contributed by atoms with Crippen LogP contribution in [-0.4, -0.2) is 35.8 Å². The number of carbonyl (C=O) groups is 3. The monoisotopic (exact) mass is 484 g/mol. The molecular weight excluding hydrogens is 458 g/mol. The molecule has 6 nitrogen and oxygen atoms in total. The normalized spacial score (nSPS) is 10.9. The number of hydrogen-bond acceptors (Lipinski definition) is 4. The van der Waals surface area contributed by atoms with Crippen molar-refractivity contribution in [3.8, 4) is 0 Å². The smallest absolute Gasteiger partial charge is 0.283 e. The van der Waals surface area contributed by atoms with E-state index in [0.717, 1.165) is 5.56 Å². The van der Waals surface area contributed by atoms with E-state index in [1.54, 1.807) is 42.5 Å². The average molecular weight is 485 g/mol. The third-order valence-electron chi connectivity index (χ3n) is 4.64. The molecule has 5 N–H and O–H groups in total. The number of alkyl halides is 1. The molecular formula is C25H27ClN3O3S+. The summed E-state index contributed by atoms with van der Waals surface area (Å²) in [7, 11) is 0. The number of anilines is 2. The predicted octanol–water partition coefficient (Wildman–Crippen LogP) is 3.43. The second-order valence-corrected chi connectivity index (χ2v) is 7.40. The number of thiol groups is 1. The second-order valence-electron chi connectivity index (χ2n) is 7.03.